The molecule has 0 saturated carbocycles. The van der Waals surface area contributed by atoms with Crippen molar-refractivity contribution in [3.8, 4) is 23.0 Å². The Kier molecular flexibility index (Phi) is 23.8. The normalized spacial score (nSPS) is 12.2. The fourth-order valence-corrected chi connectivity index (χ4v) is 19.4. The van der Waals surface area contributed by atoms with Crippen molar-refractivity contribution in [2.75, 3.05) is 13.2 Å². The number of hydrogen-bond donors (Lipinski definition) is 0. The molecule has 616 valence electrons. The van der Waals surface area contributed by atoms with E-state index < -0.39 is 61.1 Å². The summed E-state index contributed by atoms with van der Waals surface area (Å²) in [6.45, 7) is 33.8. The maximum Gasteiger partial charge on any atom is 0.453 e. The third-order valence-electron chi connectivity index (χ3n) is 21.9. The van der Waals surface area contributed by atoms with E-state index in [0.29, 0.717) is 33.8 Å². The fourth-order valence-electron chi connectivity index (χ4n) is 15.1. The van der Waals surface area contributed by atoms with Gasteiger partial charge in [0, 0.05) is 83.1 Å². The Morgan fingerprint density at radius 1 is 0.275 bits per heavy atom. The predicted octanol–water partition coefficient (Wildman–Crippen LogP) is 30.9. The summed E-state index contributed by atoms with van der Waals surface area (Å²) in [5.41, 5.74) is 11.1. The van der Waals surface area contributed by atoms with Crippen molar-refractivity contribution in [3.63, 3.8) is 0 Å². The molecule has 0 saturated heterocycles. The minimum absolute atomic E-state index is 0.0281. The van der Waals surface area contributed by atoms with Gasteiger partial charge in [0.05, 0.1) is 6.42 Å². The SMILES string of the molecule is CC(=O)OCCOC(=O)CC(C)(c1ccc(Op2oc3ccccc3c3ccccc3o2)c(C(C)(C)C)c1)c1ccc(Op2oc3ccccc3c3ccccc3o2)c(C(C)(C)C)c1.CCC(C)(c1ccc(Op2oc3ccccc3c3ccccc3o2)c(C(C)(C)C)c1)c1ccc(Op2oc3ccccc3c3ccccc3o2)c(C(C)(C)C)c1. The van der Waals surface area contributed by atoms with Gasteiger partial charge in [0.15, 0.2) is 0 Å². The largest absolute Gasteiger partial charge is 0.462 e. The molecule has 120 heavy (non-hydrogen) atoms. The molecule has 0 radical (unpaired) electrons. The molecule has 0 atom stereocenters. The molecule has 0 fully saturated rings. The van der Waals surface area contributed by atoms with E-state index in [1.807, 2.05) is 201 Å². The number of esters is 2. The average molecular weight is 1680 g/mol. The second-order valence-electron chi connectivity index (χ2n) is 34.6. The number of benzene rings is 12. The Hall–Kier alpha value is -11.6. The highest BCUT2D eigenvalue weighted by molar-refractivity contribution is 7.33. The van der Waals surface area contributed by atoms with Crippen molar-refractivity contribution >= 4 is 133 Å². The molecule has 0 aliphatic rings. The Balaban J connectivity index is 0.000000189. The van der Waals surface area contributed by atoms with Crippen LogP contribution < -0.4 is 18.1 Å². The van der Waals surface area contributed by atoms with Crippen LogP contribution in [0.15, 0.2) is 300 Å². The van der Waals surface area contributed by atoms with Crippen LogP contribution in [0.2, 0.25) is 0 Å². The van der Waals surface area contributed by atoms with Crippen molar-refractivity contribution in [1.29, 1.82) is 0 Å². The third kappa shape index (κ3) is 18.1. The van der Waals surface area contributed by atoms with Crippen LogP contribution in [0, 0.1) is 0 Å². The molecule has 0 spiro atoms. The lowest BCUT2D eigenvalue weighted by molar-refractivity contribution is -0.151. The van der Waals surface area contributed by atoms with Crippen LogP contribution in [0.25, 0.3) is 87.8 Å². The van der Waals surface area contributed by atoms with Crippen LogP contribution in [0.4, 0.5) is 0 Å². The number of rotatable bonds is 18. The molecule has 0 unspecified atom stereocenters. The summed E-state index contributed by atoms with van der Waals surface area (Å²) in [6.07, 6.45) is 0.846. The molecule has 4 heterocycles. The summed E-state index contributed by atoms with van der Waals surface area (Å²) < 4.78 is 89.1. The number of para-hydroxylation sites is 8. The Morgan fingerprint density at radius 2 is 0.475 bits per heavy atom. The summed E-state index contributed by atoms with van der Waals surface area (Å²) in [5.74, 6) is 1.79. The molecule has 12 aromatic carbocycles. The topological polar surface area (TPSA) is 195 Å². The van der Waals surface area contributed by atoms with Crippen molar-refractivity contribution in [2.24, 2.45) is 0 Å². The van der Waals surface area contributed by atoms with Crippen LogP contribution in [0.3, 0.4) is 0 Å². The molecule has 0 bridgehead atoms. The molecule has 20 heteroatoms. The van der Waals surface area contributed by atoms with Crippen LogP contribution in [-0.4, -0.2) is 25.2 Å². The van der Waals surface area contributed by atoms with E-state index >= 15 is 0 Å². The number of fused-ring (bicyclic) bond motifs is 12. The highest BCUT2D eigenvalue weighted by atomic mass is 31.1. The van der Waals surface area contributed by atoms with Gasteiger partial charge in [-0.2, -0.15) is 0 Å². The lowest BCUT2D eigenvalue weighted by Gasteiger charge is -2.34. The lowest BCUT2D eigenvalue weighted by Crippen LogP contribution is -2.30. The maximum absolute atomic E-state index is 13.9. The van der Waals surface area contributed by atoms with Crippen molar-refractivity contribution in [3.05, 3.63) is 311 Å². The monoisotopic (exact) mass is 1680 g/mol. The molecule has 16 nitrogen and oxygen atoms in total. The van der Waals surface area contributed by atoms with E-state index in [4.69, 9.17) is 61.1 Å². The van der Waals surface area contributed by atoms with Crippen LogP contribution in [0.1, 0.15) is 168 Å². The van der Waals surface area contributed by atoms with Gasteiger partial charge in [-0.3, -0.25) is 9.59 Å². The van der Waals surface area contributed by atoms with Gasteiger partial charge in [0.2, 0.25) is 0 Å². The molecular weight excluding hydrogens is 1580 g/mol. The summed E-state index contributed by atoms with van der Waals surface area (Å²) in [6, 6.07) is 88.6. The van der Waals surface area contributed by atoms with Gasteiger partial charge in [0.25, 0.3) is 0 Å². The third-order valence-corrected chi connectivity index (χ3v) is 26.0. The van der Waals surface area contributed by atoms with Gasteiger partial charge in [-0.25, -0.2) is 0 Å². The molecule has 16 aromatic rings. The zero-order chi connectivity index (χ0) is 84.5. The summed E-state index contributed by atoms with van der Waals surface area (Å²) >= 11 is 0. The molecule has 0 aliphatic heterocycles. The van der Waals surface area contributed by atoms with E-state index in [9.17, 15) is 9.59 Å². The van der Waals surface area contributed by atoms with Gasteiger partial charge < -0.3 is 61.1 Å². The molecule has 0 amide bonds. The van der Waals surface area contributed by atoms with E-state index in [-0.39, 0.29) is 35.9 Å². The van der Waals surface area contributed by atoms with Gasteiger partial charge in [-0.15, -0.1) is 0 Å². The number of hydrogen-bond acceptors (Lipinski definition) is 16. The Bertz CT molecular complexity index is 6090. The molecular formula is C100H100O16P4. The van der Waals surface area contributed by atoms with E-state index in [1.54, 1.807) is 0 Å². The Morgan fingerprint density at radius 3 is 0.675 bits per heavy atom. The van der Waals surface area contributed by atoms with Crippen LogP contribution >= 0.6 is 33.0 Å². The maximum atomic E-state index is 13.9. The zero-order valence-electron chi connectivity index (χ0n) is 70.6. The first-order valence-electron chi connectivity index (χ1n) is 40.4. The first-order chi connectivity index (χ1) is 57.4. The minimum atomic E-state index is -1.92. The summed E-state index contributed by atoms with van der Waals surface area (Å²) in [7, 11) is -7.42. The minimum Gasteiger partial charge on any atom is -0.462 e. The molecule has 0 N–H and O–H groups in total. The number of carbonyl (C=O) groups is 2. The van der Waals surface area contributed by atoms with Crippen molar-refractivity contribution in [1.82, 2.24) is 0 Å². The summed E-state index contributed by atoms with van der Waals surface area (Å²) in [5, 5.41) is 7.63. The van der Waals surface area contributed by atoms with E-state index in [2.05, 4.69) is 170 Å². The van der Waals surface area contributed by atoms with Gasteiger partial charge in [-0.1, -0.05) is 298 Å². The molecule has 0 aliphatic carbocycles. The van der Waals surface area contributed by atoms with E-state index in [0.717, 1.165) is 117 Å². The highest BCUT2D eigenvalue weighted by Crippen LogP contribution is 2.51. The first kappa shape index (κ1) is 83.4. The quantitative estimate of drug-likeness (QED) is 0.0581. The average Bonchev–Trinajstić information content (AvgIpc) is 1.27. The Labute approximate surface area is 702 Å². The van der Waals surface area contributed by atoms with Crippen molar-refractivity contribution < 1.29 is 70.7 Å². The molecule has 4 aromatic heterocycles. The predicted molar refractivity (Wildman–Crippen MR) is 485 cm³/mol. The zero-order valence-corrected chi connectivity index (χ0v) is 74.1. The van der Waals surface area contributed by atoms with Crippen LogP contribution in [0.5, 0.6) is 23.0 Å². The van der Waals surface area contributed by atoms with Gasteiger partial charge in [0.1, 0.15) is 80.9 Å². The van der Waals surface area contributed by atoms with Crippen molar-refractivity contribution in [2.45, 2.75) is 156 Å². The van der Waals surface area contributed by atoms with E-state index in [1.165, 1.54) is 18.1 Å². The second-order valence-corrected chi connectivity index (χ2v) is 38.5. The smallest absolute Gasteiger partial charge is 0.453 e. The second kappa shape index (κ2) is 34.2. The number of ether oxygens (including phenoxy) is 2. The fraction of sp³-hybridized carbons (Fsp3) is 0.260. The van der Waals surface area contributed by atoms with Crippen LogP contribution in [-0.2, 0) is 51.6 Å². The first-order valence-corrected chi connectivity index (χ1v) is 44.8. The molecule has 16 rings (SSSR count). The van der Waals surface area contributed by atoms with Gasteiger partial charge >= 0.3 is 44.9 Å². The van der Waals surface area contributed by atoms with Gasteiger partial charge in [-0.05, 0) is 123 Å². The summed E-state index contributed by atoms with van der Waals surface area (Å²) in [4.78, 5) is 25.3. The number of carbonyl (C=O) groups excluding carboxylic acids is 2. The lowest BCUT2D eigenvalue weighted by atomic mass is 9.70. The standard InChI is InChI=1S/C52H52O10P2.C48H48O6P2/c1-34(53)55-29-30-56-49(54)33-52(8,35-25-27-47(41(31-35)50(2,3)4)61-63-57-43-21-13-9-17-37(43)38-18-10-14-22-44(38)58-63)36-26-28-48(42(32-36)51(5,6)7)62-64-59-45-23-15-11-19-39(45)40-20-12-16-24-46(40)60-64;1-9-48(8,32-26-28-44(38(30-32)46(2,3)4)53-55-49-40-22-14-10-18-34(40)35-19-11-15-23-41(35)50-55)33-27-29-45(39(31-33)47(5,6)7)54-56-51-42-24-16-12-20-36(42)37-21-13-17-25-43(37)52-56/h9-28,31-32H,29-30,33H2,1-8H3;10-31H,9H2,1-8H3. The highest BCUT2D eigenvalue weighted by Gasteiger charge is 2.38.